The number of aromatic nitrogens is 1. The maximum atomic E-state index is 12.8. The molecule has 1 saturated heterocycles. The molecule has 0 saturated carbocycles. The van der Waals surface area contributed by atoms with Crippen molar-refractivity contribution in [2.75, 3.05) is 38.2 Å². The van der Waals surface area contributed by atoms with Crippen molar-refractivity contribution >= 4 is 51.0 Å². The zero-order valence-electron chi connectivity index (χ0n) is 16.8. The molecule has 1 fully saturated rings. The van der Waals surface area contributed by atoms with Crippen molar-refractivity contribution in [3.8, 4) is 10.6 Å². The molecule has 7 nitrogen and oxygen atoms in total. The Kier molecular flexibility index (Phi) is 7.46. The third-order valence-corrected chi connectivity index (χ3v) is 7.76. The molecule has 31 heavy (non-hydrogen) atoms. The molecule has 3 aromatic rings. The van der Waals surface area contributed by atoms with E-state index >= 15 is 0 Å². The summed E-state index contributed by atoms with van der Waals surface area (Å²) >= 11 is 4.23. The van der Waals surface area contributed by atoms with Crippen molar-refractivity contribution in [3.63, 3.8) is 0 Å². The number of nitrogens with one attached hydrogen (secondary N) is 1. The summed E-state index contributed by atoms with van der Waals surface area (Å²) in [6.07, 6.45) is 1.88. The highest BCUT2D eigenvalue weighted by Crippen LogP contribution is 2.31. The summed E-state index contributed by atoms with van der Waals surface area (Å²) in [6, 6.07) is 5.71. The van der Waals surface area contributed by atoms with Crippen molar-refractivity contribution in [2.24, 2.45) is 0 Å². The smallest absolute Gasteiger partial charge is 0.308 e. The van der Waals surface area contributed by atoms with Crippen LogP contribution in [0.15, 0.2) is 29.0 Å². The molecule has 4 heterocycles. The van der Waals surface area contributed by atoms with E-state index in [1.807, 2.05) is 22.9 Å². The molecule has 0 aliphatic carbocycles. The Hall–Kier alpha value is -2.11. The summed E-state index contributed by atoms with van der Waals surface area (Å²) in [5, 5.41) is 16.2. The largest absolute Gasteiger partial charge is 0.481 e. The number of hydrogen-bond donors (Lipinski definition) is 2. The first-order chi connectivity index (χ1) is 15.1. The second kappa shape index (κ2) is 10.5. The third kappa shape index (κ3) is 5.98. The van der Waals surface area contributed by atoms with Gasteiger partial charge >= 0.3 is 5.97 Å². The van der Waals surface area contributed by atoms with Crippen LogP contribution in [0.3, 0.4) is 0 Å². The normalized spacial score (nSPS) is 14.6. The Labute approximate surface area is 192 Å². The van der Waals surface area contributed by atoms with Crippen molar-refractivity contribution in [1.82, 2.24) is 9.88 Å². The van der Waals surface area contributed by atoms with Gasteiger partial charge in [-0.25, -0.2) is 4.98 Å². The lowest BCUT2D eigenvalue weighted by molar-refractivity contribution is -0.136. The highest BCUT2D eigenvalue weighted by molar-refractivity contribution is 7.17. The molecule has 4 rings (SSSR count). The first-order valence-electron chi connectivity index (χ1n) is 10.0. The van der Waals surface area contributed by atoms with Gasteiger partial charge in [-0.05, 0) is 48.5 Å². The van der Waals surface area contributed by atoms with Crippen LogP contribution in [-0.2, 0) is 22.4 Å². The number of nitrogens with zero attached hydrogens (tertiary/aromatic N) is 2. The first kappa shape index (κ1) is 22.1. The molecule has 3 aromatic heterocycles. The van der Waals surface area contributed by atoms with E-state index in [0.29, 0.717) is 5.13 Å². The SMILES string of the molecule is O=C(O)Cc1ccc(-c2csc(NC(=O)c3sccc3CCCN3CCOCC3)n2)s1. The van der Waals surface area contributed by atoms with Crippen molar-refractivity contribution in [2.45, 2.75) is 19.3 Å². The molecule has 164 valence electrons. The fourth-order valence-electron chi connectivity index (χ4n) is 3.41. The van der Waals surface area contributed by atoms with Crippen LogP contribution in [0.25, 0.3) is 10.6 Å². The van der Waals surface area contributed by atoms with Crippen LogP contribution in [0.2, 0.25) is 0 Å². The van der Waals surface area contributed by atoms with Gasteiger partial charge in [0.05, 0.1) is 35.1 Å². The van der Waals surface area contributed by atoms with Gasteiger partial charge in [0, 0.05) is 23.3 Å². The number of thiophene rings is 2. The molecule has 2 N–H and O–H groups in total. The van der Waals surface area contributed by atoms with E-state index in [1.165, 1.54) is 34.0 Å². The number of thiazole rings is 1. The second-order valence-corrected chi connectivity index (χ2v) is 10.1. The summed E-state index contributed by atoms with van der Waals surface area (Å²) < 4.78 is 5.38. The van der Waals surface area contributed by atoms with Gasteiger partial charge in [-0.15, -0.1) is 34.0 Å². The molecule has 0 bridgehead atoms. The number of carboxylic acids is 1. The molecule has 0 radical (unpaired) electrons. The lowest BCUT2D eigenvalue weighted by Crippen LogP contribution is -2.36. The zero-order valence-corrected chi connectivity index (χ0v) is 19.3. The standard InChI is InChI=1S/C21H23N3O4S3/c25-18(26)12-15-3-4-17(31-15)16-13-30-21(22-16)23-20(27)19-14(5-11-29-19)2-1-6-24-7-9-28-10-8-24/h3-5,11,13H,1-2,6-10,12H2,(H,25,26)(H,22,23,27). The number of amides is 1. The van der Waals surface area contributed by atoms with Gasteiger partial charge in [0.25, 0.3) is 5.91 Å². The minimum Gasteiger partial charge on any atom is -0.481 e. The Bertz CT molecular complexity index is 1040. The highest BCUT2D eigenvalue weighted by Gasteiger charge is 2.17. The molecule has 0 atom stereocenters. The molecule has 1 aliphatic heterocycles. The molecule has 0 spiro atoms. The van der Waals surface area contributed by atoms with Gasteiger partial charge in [0.1, 0.15) is 0 Å². The van der Waals surface area contributed by atoms with Gasteiger partial charge in [0.15, 0.2) is 5.13 Å². The molecule has 1 amide bonds. The van der Waals surface area contributed by atoms with Crippen LogP contribution in [0.5, 0.6) is 0 Å². The van der Waals surface area contributed by atoms with E-state index in [-0.39, 0.29) is 12.3 Å². The van der Waals surface area contributed by atoms with Crippen LogP contribution in [-0.4, -0.2) is 59.7 Å². The van der Waals surface area contributed by atoms with Crippen LogP contribution in [0.1, 0.15) is 26.5 Å². The van der Waals surface area contributed by atoms with Gasteiger partial charge in [-0.1, -0.05) is 0 Å². The molecule has 0 unspecified atom stereocenters. The summed E-state index contributed by atoms with van der Waals surface area (Å²) in [7, 11) is 0. The van der Waals surface area contributed by atoms with Gasteiger partial charge < -0.3 is 9.84 Å². The second-order valence-electron chi connectivity index (χ2n) is 7.16. The quantitative estimate of drug-likeness (QED) is 0.483. The number of carbonyl (C=O) groups is 2. The molecule has 10 heteroatoms. The molecular formula is C21H23N3O4S3. The van der Waals surface area contributed by atoms with Crippen molar-refractivity contribution in [3.05, 3.63) is 44.3 Å². The summed E-state index contributed by atoms with van der Waals surface area (Å²) in [4.78, 5) is 33.0. The number of carbonyl (C=O) groups excluding carboxylic acids is 1. The van der Waals surface area contributed by atoms with E-state index in [0.717, 1.165) is 71.6 Å². The number of rotatable bonds is 9. The van der Waals surface area contributed by atoms with Crippen LogP contribution in [0, 0.1) is 0 Å². The lowest BCUT2D eigenvalue weighted by Gasteiger charge is -2.26. The maximum Gasteiger partial charge on any atom is 0.308 e. The van der Waals surface area contributed by atoms with E-state index < -0.39 is 5.97 Å². The fourth-order valence-corrected chi connectivity index (χ4v) is 6.00. The Morgan fingerprint density at radius 1 is 1.19 bits per heavy atom. The average molecular weight is 478 g/mol. The minimum absolute atomic E-state index is 0.00505. The average Bonchev–Trinajstić information content (AvgIpc) is 3.49. The van der Waals surface area contributed by atoms with E-state index in [2.05, 4.69) is 15.2 Å². The highest BCUT2D eigenvalue weighted by atomic mass is 32.1. The number of hydrogen-bond acceptors (Lipinski definition) is 8. The minimum atomic E-state index is -0.851. The monoisotopic (exact) mass is 477 g/mol. The zero-order chi connectivity index (χ0) is 21.6. The van der Waals surface area contributed by atoms with Gasteiger partial charge in [-0.3, -0.25) is 19.8 Å². The number of carboxylic acid groups (broad SMARTS) is 1. The van der Waals surface area contributed by atoms with Crippen LogP contribution >= 0.6 is 34.0 Å². The first-order valence-corrected chi connectivity index (χ1v) is 12.6. The maximum absolute atomic E-state index is 12.8. The number of anilines is 1. The number of ether oxygens (including phenoxy) is 1. The number of aryl methyl sites for hydroxylation is 1. The predicted molar refractivity (Wildman–Crippen MR) is 125 cm³/mol. The predicted octanol–water partition coefficient (Wildman–Crippen LogP) is 4.08. The molecule has 0 aromatic carbocycles. The summed E-state index contributed by atoms with van der Waals surface area (Å²) in [5.74, 6) is -0.980. The third-order valence-electron chi connectivity index (χ3n) is 4.94. The van der Waals surface area contributed by atoms with Gasteiger partial charge in [-0.2, -0.15) is 0 Å². The van der Waals surface area contributed by atoms with E-state index in [4.69, 9.17) is 9.84 Å². The molecule has 1 aliphatic rings. The van der Waals surface area contributed by atoms with Crippen molar-refractivity contribution < 1.29 is 19.4 Å². The van der Waals surface area contributed by atoms with Crippen molar-refractivity contribution in [1.29, 1.82) is 0 Å². The van der Waals surface area contributed by atoms with Gasteiger partial charge in [0.2, 0.25) is 0 Å². The van der Waals surface area contributed by atoms with E-state index in [9.17, 15) is 9.59 Å². The lowest BCUT2D eigenvalue weighted by atomic mass is 10.1. The summed E-state index contributed by atoms with van der Waals surface area (Å²) in [6.45, 7) is 4.57. The van der Waals surface area contributed by atoms with Crippen LogP contribution in [0.4, 0.5) is 5.13 Å². The Morgan fingerprint density at radius 2 is 2.03 bits per heavy atom. The Balaban J connectivity index is 1.33. The summed E-state index contributed by atoms with van der Waals surface area (Å²) in [5.41, 5.74) is 1.82. The number of morpholine rings is 1. The topological polar surface area (TPSA) is 91.8 Å². The fraction of sp³-hybridized carbons (Fsp3) is 0.381. The van der Waals surface area contributed by atoms with Crippen LogP contribution < -0.4 is 5.32 Å². The van der Waals surface area contributed by atoms with E-state index in [1.54, 1.807) is 6.07 Å². The molecular weight excluding hydrogens is 454 g/mol. The Morgan fingerprint density at radius 3 is 2.84 bits per heavy atom. The number of aliphatic carboxylic acids is 1.